The first-order valence-electron chi connectivity index (χ1n) is 5.55. The lowest BCUT2D eigenvalue weighted by molar-refractivity contribution is 0.432. The van der Waals surface area contributed by atoms with Crippen LogP contribution in [0.5, 0.6) is 0 Å². The quantitative estimate of drug-likeness (QED) is 0.850. The zero-order chi connectivity index (χ0) is 14.9. The molecule has 0 saturated carbocycles. The van der Waals surface area contributed by atoms with E-state index in [1.54, 1.807) is 6.92 Å². The lowest BCUT2D eigenvalue weighted by atomic mass is 10.3. The minimum Gasteiger partial charge on any atom is -0.263 e. The highest BCUT2D eigenvalue weighted by Crippen LogP contribution is 2.23. The van der Waals surface area contributed by atoms with Gasteiger partial charge in [0.2, 0.25) is 0 Å². The summed E-state index contributed by atoms with van der Waals surface area (Å²) in [5, 5.41) is 6.04. The van der Waals surface area contributed by atoms with Crippen LogP contribution in [0, 0.1) is 17.5 Å². The fraction of sp³-hybridized carbons (Fsp3) is 0.182. The van der Waals surface area contributed by atoms with E-state index in [0.29, 0.717) is 24.1 Å². The van der Waals surface area contributed by atoms with Crippen molar-refractivity contribution in [1.82, 2.24) is 10.2 Å². The first-order chi connectivity index (χ1) is 9.36. The van der Waals surface area contributed by atoms with Gasteiger partial charge in [0.05, 0.1) is 6.20 Å². The van der Waals surface area contributed by atoms with Crippen molar-refractivity contribution >= 4 is 15.8 Å². The van der Waals surface area contributed by atoms with E-state index in [0.717, 1.165) is 0 Å². The van der Waals surface area contributed by atoms with Crippen LogP contribution in [0.15, 0.2) is 23.2 Å². The van der Waals surface area contributed by atoms with Crippen LogP contribution in [-0.2, 0) is 16.4 Å². The summed E-state index contributed by atoms with van der Waals surface area (Å²) in [4.78, 5) is -0.979. The number of aromatic amines is 1. The van der Waals surface area contributed by atoms with E-state index in [4.69, 9.17) is 0 Å². The SMILES string of the molecule is CCc1cn[nH]c1NS(=O)(=O)c1ccc(F)c(F)c1F. The Morgan fingerprint density at radius 2 is 1.95 bits per heavy atom. The standard InChI is InChI=1S/C11H10F3N3O2S/c1-2-6-5-15-16-11(6)17-20(18,19)8-4-3-7(12)9(13)10(8)14/h3-5H,2H2,1H3,(H2,15,16,17). The summed E-state index contributed by atoms with van der Waals surface area (Å²) >= 11 is 0. The van der Waals surface area contributed by atoms with Crippen molar-refractivity contribution in [2.45, 2.75) is 18.2 Å². The number of halogens is 3. The zero-order valence-electron chi connectivity index (χ0n) is 10.2. The maximum absolute atomic E-state index is 13.5. The van der Waals surface area contributed by atoms with Gasteiger partial charge in [0.1, 0.15) is 10.7 Å². The molecule has 0 spiro atoms. The molecule has 108 valence electrons. The van der Waals surface area contributed by atoms with Gasteiger partial charge in [0.15, 0.2) is 17.5 Å². The largest absolute Gasteiger partial charge is 0.266 e. The van der Waals surface area contributed by atoms with Crippen LogP contribution in [-0.4, -0.2) is 18.6 Å². The zero-order valence-corrected chi connectivity index (χ0v) is 11.1. The van der Waals surface area contributed by atoms with Crippen molar-refractivity contribution in [3.05, 3.63) is 41.3 Å². The number of rotatable bonds is 4. The van der Waals surface area contributed by atoms with Crippen LogP contribution in [0.1, 0.15) is 12.5 Å². The summed E-state index contributed by atoms with van der Waals surface area (Å²) in [6.07, 6.45) is 1.88. The van der Waals surface area contributed by atoms with Crippen molar-refractivity contribution in [2.75, 3.05) is 4.72 Å². The summed E-state index contributed by atoms with van der Waals surface area (Å²) in [5.41, 5.74) is 0.552. The Balaban J connectivity index is 2.44. The number of sulfonamides is 1. The highest BCUT2D eigenvalue weighted by Gasteiger charge is 2.25. The summed E-state index contributed by atoms with van der Waals surface area (Å²) in [6, 6.07) is 1.19. The summed E-state index contributed by atoms with van der Waals surface area (Å²) in [6.45, 7) is 1.76. The molecule has 0 fully saturated rings. The minimum atomic E-state index is -4.39. The van der Waals surface area contributed by atoms with Crippen LogP contribution in [0.2, 0.25) is 0 Å². The normalized spacial score (nSPS) is 11.6. The van der Waals surface area contributed by atoms with E-state index < -0.39 is 32.4 Å². The molecule has 1 aromatic carbocycles. The van der Waals surface area contributed by atoms with Gasteiger partial charge in [-0.1, -0.05) is 6.92 Å². The number of aryl methyl sites for hydroxylation is 1. The predicted octanol–water partition coefficient (Wildman–Crippen LogP) is 2.19. The van der Waals surface area contributed by atoms with Crippen LogP contribution >= 0.6 is 0 Å². The van der Waals surface area contributed by atoms with Crippen molar-refractivity contribution in [3.63, 3.8) is 0 Å². The molecule has 0 amide bonds. The van der Waals surface area contributed by atoms with E-state index in [2.05, 4.69) is 10.2 Å². The van der Waals surface area contributed by atoms with Crippen LogP contribution in [0.25, 0.3) is 0 Å². The number of anilines is 1. The maximum atomic E-state index is 13.5. The molecular weight excluding hydrogens is 295 g/mol. The molecule has 0 bridgehead atoms. The van der Waals surface area contributed by atoms with E-state index in [-0.39, 0.29) is 5.82 Å². The molecule has 9 heteroatoms. The summed E-state index contributed by atoms with van der Waals surface area (Å²) in [5.74, 6) is -5.02. The molecule has 1 aromatic heterocycles. The minimum absolute atomic E-state index is 0.0524. The van der Waals surface area contributed by atoms with E-state index >= 15 is 0 Å². The molecule has 0 aliphatic carbocycles. The second-order valence-electron chi connectivity index (χ2n) is 3.90. The lowest BCUT2D eigenvalue weighted by Crippen LogP contribution is -2.17. The Kier molecular flexibility index (Phi) is 3.71. The molecule has 0 aliphatic rings. The second kappa shape index (κ2) is 5.16. The molecule has 0 radical (unpaired) electrons. The summed E-state index contributed by atoms with van der Waals surface area (Å²) < 4.78 is 65.4. The highest BCUT2D eigenvalue weighted by molar-refractivity contribution is 7.92. The number of H-pyrrole nitrogens is 1. The van der Waals surface area contributed by atoms with Crippen LogP contribution in [0.4, 0.5) is 19.0 Å². The molecule has 0 unspecified atom stereocenters. The molecule has 2 aromatic rings. The molecule has 1 heterocycles. The number of hydrogen-bond acceptors (Lipinski definition) is 3. The van der Waals surface area contributed by atoms with Gasteiger partial charge in [-0.25, -0.2) is 21.6 Å². The second-order valence-corrected chi connectivity index (χ2v) is 5.55. The number of nitrogens with zero attached hydrogens (tertiary/aromatic N) is 1. The molecule has 0 saturated heterocycles. The third-order valence-corrected chi connectivity index (χ3v) is 3.99. The summed E-state index contributed by atoms with van der Waals surface area (Å²) in [7, 11) is -4.39. The Labute approximate surface area is 112 Å². The number of hydrogen-bond donors (Lipinski definition) is 2. The molecule has 2 rings (SSSR count). The Bertz CT molecular complexity index is 743. The number of nitrogens with one attached hydrogen (secondary N) is 2. The fourth-order valence-corrected chi connectivity index (χ4v) is 2.70. The number of benzene rings is 1. The third kappa shape index (κ3) is 2.48. The van der Waals surface area contributed by atoms with Gasteiger partial charge in [0, 0.05) is 5.56 Å². The molecule has 5 nitrogen and oxygen atoms in total. The molecule has 20 heavy (non-hydrogen) atoms. The van der Waals surface area contributed by atoms with Gasteiger partial charge in [-0.15, -0.1) is 0 Å². The molecular formula is C11H10F3N3O2S. The van der Waals surface area contributed by atoms with Gasteiger partial charge < -0.3 is 0 Å². The van der Waals surface area contributed by atoms with Gasteiger partial charge in [-0.05, 0) is 18.6 Å². The Morgan fingerprint density at radius 3 is 2.60 bits per heavy atom. The topological polar surface area (TPSA) is 74.8 Å². The molecule has 0 aliphatic heterocycles. The maximum Gasteiger partial charge on any atom is 0.266 e. The smallest absolute Gasteiger partial charge is 0.263 e. The monoisotopic (exact) mass is 305 g/mol. The number of aromatic nitrogens is 2. The highest BCUT2D eigenvalue weighted by atomic mass is 32.2. The van der Waals surface area contributed by atoms with Crippen molar-refractivity contribution in [1.29, 1.82) is 0 Å². The van der Waals surface area contributed by atoms with E-state index in [9.17, 15) is 21.6 Å². The molecule has 0 atom stereocenters. The van der Waals surface area contributed by atoms with E-state index in [1.807, 2.05) is 4.72 Å². The van der Waals surface area contributed by atoms with Gasteiger partial charge in [0.25, 0.3) is 10.0 Å². The first-order valence-corrected chi connectivity index (χ1v) is 7.03. The van der Waals surface area contributed by atoms with Gasteiger partial charge in [-0.3, -0.25) is 9.82 Å². The average molecular weight is 305 g/mol. The van der Waals surface area contributed by atoms with Crippen LogP contribution in [0.3, 0.4) is 0 Å². The van der Waals surface area contributed by atoms with E-state index in [1.165, 1.54) is 6.20 Å². The Hall–Kier alpha value is -2.03. The average Bonchev–Trinajstić information content (AvgIpc) is 2.82. The van der Waals surface area contributed by atoms with Crippen molar-refractivity contribution in [2.24, 2.45) is 0 Å². The van der Waals surface area contributed by atoms with Crippen molar-refractivity contribution in [3.8, 4) is 0 Å². The molecule has 2 N–H and O–H groups in total. The first kappa shape index (κ1) is 14.4. The third-order valence-electron chi connectivity index (χ3n) is 2.62. The van der Waals surface area contributed by atoms with Gasteiger partial charge >= 0.3 is 0 Å². The van der Waals surface area contributed by atoms with Crippen molar-refractivity contribution < 1.29 is 21.6 Å². The van der Waals surface area contributed by atoms with Crippen LogP contribution < -0.4 is 4.72 Å². The Morgan fingerprint density at radius 1 is 1.25 bits per heavy atom. The van der Waals surface area contributed by atoms with Gasteiger partial charge in [-0.2, -0.15) is 5.10 Å². The fourth-order valence-electron chi connectivity index (χ4n) is 1.57. The lowest BCUT2D eigenvalue weighted by Gasteiger charge is -2.09. The predicted molar refractivity (Wildman–Crippen MR) is 65.1 cm³/mol.